The van der Waals surface area contributed by atoms with E-state index in [9.17, 15) is 0 Å². The predicted molar refractivity (Wildman–Crippen MR) is 98.1 cm³/mol. The van der Waals surface area contributed by atoms with E-state index >= 15 is 0 Å². The fourth-order valence-electron chi connectivity index (χ4n) is 3.60. The number of aromatic nitrogens is 5. The molecule has 6 heteroatoms. The second-order valence-corrected chi connectivity index (χ2v) is 6.87. The van der Waals surface area contributed by atoms with E-state index in [2.05, 4.69) is 22.3 Å². The van der Waals surface area contributed by atoms with Crippen molar-refractivity contribution < 1.29 is 0 Å². The van der Waals surface area contributed by atoms with Crippen LogP contribution in [0.1, 0.15) is 47.0 Å². The molecule has 0 amide bonds. The van der Waals surface area contributed by atoms with Crippen LogP contribution >= 0.6 is 0 Å². The minimum atomic E-state index is 0.773. The predicted octanol–water partition coefficient (Wildman–Crippen LogP) is 2.98. The summed E-state index contributed by atoms with van der Waals surface area (Å²) in [6, 6.07) is 4.02. The van der Waals surface area contributed by atoms with E-state index in [4.69, 9.17) is 9.97 Å². The van der Waals surface area contributed by atoms with E-state index in [1.807, 2.05) is 30.5 Å². The molecule has 0 saturated heterocycles. The van der Waals surface area contributed by atoms with Gasteiger partial charge in [-0.2, -0.15) is 9.61 Å². The molecule has 0 atom stereocenters. The summed E-state index contributed by atoms with van der Waals surface area (Å²) in [7, 11) is 0. The lowest BCUT2D eigenvalue weighted by atomic mass is 9.95. The zero-order valence-electron chi connectivity index (χ0n) is 15.1. The van der Waals surface area contributed by atoms with Gasteiger partial charge in [0.2, 0.25) is 0 Å². The van der Waals surface area contributed by atoms with Gasteiger partial charge in [-0.3, -0.25) is 0 Å². The second kappa shape index (κ2) is 6.43. The van der Waals surface area contributed by atoms with Crippen molar-refractivity contribution in [1.82, 2.24) is 24.6 Å². The fraction of sp³-hybridized carbons (Fsp3) is 0.474. The molecule has 0 radical (unpaired) electrons. The van der Waals surface area contributed by atoms with E-state index in [1.165, 1.54) is 24.1 Å². The summed E-state index contributed by atoms with van der Waals surface area (Å²) in [5.74, 6) is 1.90. The molecule has 25 heavy (non-hydrogen) atoms. The first-order valence-electron chi connectivity index (χ1n) is 9.03. The van der Waals surface area contributed by atoms with Crippen LogP contribution in [0.15, 0.2) is 12.1 Å². The highest BCUT2D eigenvalue weighted by Gasteiger charge is 2.15. The zero-order valence-corrected chi connectivity index (χ0v) is 15.1. The second-order valence-electron chi connectivity index (χ2n) is 6.87. The summed E-state index contributed by atoms with van der Waals surface area (Å²) in [5.41, 5.74) is 6.62. The van der Waals surface area contributed by atoms with Crippen LogP contribution in [0.25, 0.3) is 5.65 Å². The van der Waals surface area contributed by atoms with Gasteiger partial charge in [0.1, 0.15) is 11.6 Å². The maximum absolute atomic E-state index is 4.80. The fourth-order valence-corrected chi connectivity index (χ4v) is 3.60. The average Bonchev–Trinajstić information content (AvgIpc) is 2.95. The number of anilines is 1. The topological polar surface area (TPSA) is 68.0 Å². The van der Waals surface area contributed by atoms with Crippen LogP contribution < -0.4 is 5.32 Å². The molecule has 0 aromatic carbocycles. The van der Waals surface area contributed by atoms with Crippen LogP contribution in [0.4, 0.5) is 5.82 Å². The number of rotatable bonds is 4. The molecule has 0 unspecified atom stereocenters. The molecule has 1 N–H and O–H groups in total. The maximum Gasteiger partial charge on any atom is 0.157 e. The van der Waals surface area contributed by atoms with Crippen molar-refractivity contribution in [3.63, 3.8) is 0 Å². The van der Waals surface area contributed by atoms with Crippen LogP contribution in [0.2, 0.25) is 0 Å². The van der Waals surface area contributed by atoms with E-state index < -0.39 is 0 Å². The van der Waals surface area contributed by atoms with Crippen molar-refractivity contribution in [2.24, 2.45) is 0 Å². The molecule has 0 bridgehead atoms. The highest BCUT2D eigenvalue weighted by molar-refractivity contribution is 5.50. The normalized spacial score (nSPS) is 13.9. The summed E-state index contributed by atoms with van der Waals surface area (Å²) in [5, 5.41) is 7.98. The van der Waals surface area contributed by atoms with Gasteiger partial charge in [-0.15, -0.1) is 0 Å². The number of nitrogens with one attached hydrogen (secondary N) is 1. The van der Waals surface area contributed by atoms with Crippen molar-refractivity contribution >= 4 is 11.5 Å². The van der Waals surface area contributed by atoms with Gasteiger partial charge in [-0.05, 0) is 52.0 Å². The van der Waals surface area contributed by atoms with E-state index in [-0.39, 0.29) is 0 Å². The standard InChI is InChI=1S/C19H24N6/c1-12-10-18(25-19(21-12)11-13(2)24-25)20-9-8-17-22-14(3)15-6-4-5-7-16(15)23-17/h10-11,20H,4-9H2,1-3H3. The Kier molecular flexibility index (Phi) is 4.11. The van der Waals surface area contributed by atoms with Crippen molar-refractivity contribution in [3.05, 3.63) is 46.3 Å². The van der Waals surface area contributed by atoms with E-state index in [0.29, 0.717) is 0 Å². The molecule has 6 nitrogen and oxygen atoms in total. The lowest BCUT2D eigenvalue weighted by molar-refractivity contribution is 0.647. The molecule has 1 aliphatic rings. The average molecular weight is 336 g/mol. The van der Waals surface area contributed by atoms with Crippen molar-refractivity contribution in [2.75, 3.05) is 11.9 Å². The Morgan fingerprint density at radius 2 is 1.84 bits per heavy atom. The van der Waals surface area contributed by atoms with Crippen molar-refractivity contribution in [3.8, 4) is 0 Å². The number of nitrogens with zero attached hydrogens (tertiary/aromatic N) is 5. The van der Waals surface area contributed by atoms with Crippen LogP contribution in [0.3, 0.4) is 0 Å². The lowest BCUT2D eigenvalue weighted by Gasteiger charge is -2.17. The van der Waals surface area contributed by atoms with Gasteiger partial charge in [-0.1, -0.05) is 0 Å². The molecule has 0 fully saturated rings. The molecule has 4 rings (SSSR count). The Morgan fingerprint density at radius 3 is 2.72 bits per heavy atom. The first-order valence-corrected chi connectivity index (χ1v) is 9.03. The lowest BCUT2D eigenvalue weighted by Crippen LogP contribution is -2.15. The number of aryl methyl sites for hydroxylation is 4. The van der Waals surface area contributed by atoms with Gasteiger partial charge < -0.3 is 5.32 Å². The van der Waals surface area contributed by atoms with Crippen LogP contribution in [-0.4, -0.2) is 31.1 Å². The molecular formula is C19H24N6. The molecule has 3 aromatic heterocycles. The monoisotopic (exact) mass is 336 g/mol. The first-order chi connectivity index (χ1) is 12.1. The molecular weight excluding hydrogens is 312 g/mol. The molecule has 1 aliphatic carbocycles. The Hall–Kier alpha value is -2.50. The molecule has 3 heterocycles. The Morgan fingerprint density at radius 1 is 1.00 bits per heavy atom. The van der Waals surface area contributed by atoms with Crippen molar-refractivity contribution in [1.29, 1.82) is 0 Å². The Balaban J connectivity index is 1.50. The summed E-state index contributed by atoms with van der Waals surface area (Å²) in [6.45, 7) is 6.88. The van der Waals surface area contributed by atoms with Crippen LogP contribution in [0.5, 0.6) is 0 Å². The third-order valence-corrected chi connectivity index (χ3v) is 4.77. The molecule has 0 aliphatic heterocycles. The minimum absolute atomic E-state index is 0.773. The minimum Gasteiger partial charge on any atom is -0.369 e. The molecule has 0 saturated carbocycles. The van der Waals surface area contributed by atoms with Crippen LogP contribution in [0, 0.1) is 20.8 Å². The summed E-state index contributed by atoms with van der Waals surface area (Å²) < 4.78 is 1.86. The SMILES string of the molecule is Cc1cc(NCCc2nc(C)c3c(n2)CCCC3)n2nc(C)cc2n1. The Labute approximate surface area is 147 Å². The quantitative estimate of drug-likeness (QED) is 0.793. The number of fused-ring (bicyclic) bond motifs is 2. The summed E-state index contributed by atoms with van der Waals surface area (Å²) in [4.78, 5) is 14.0. The summed E-state index contributed by atoms with van der Waals surface area (Å²) >= 11 is 0. The third kappa shape index (κ3) is 3.21. The third-order valence-electron chi connectivity index (χ3n) is 4.77. The van der Waals surface area contributed by atoms with Gasteiger partial charge in [0.15, 0.2) is 5.65 Å². The van der Waals surface area contributed by atoms with E-state index in [0.717, 1.165) is 60.2 Å². The first kappa shape index (κ1) is 16.0. The molecule has 3 aromatic rings. The summed E-state index contributed by atoms with van der Waals surface area (Å²) in [6.07, 6.45) is 5.53. The zero-order chi connectivity index (χ0) is 17.4. The van der Waals surface area contributed by atoms with Crippen molar-refractivity contribution in [2.45, 2.75) is 52.9 Å². The Bertz CT molecular complexity index is 927. The largest absolute Gasteiger partial charge is 0.369 e. The van der Waals surface area contributed by atoms with Gasteiger partial charge in [0, 0.05) is 42.2 Å². The molecule has 0 spiro atoms. The highest BCUT2D eigenvalue weighted by atomic mass is 15.3. The smallest absolute Gasteiger partial charge is 0.157 e. The highest BCUT2D eigenvalue weighted by Crippen LogP contribution is 2.21. The number of hydrogen-bond acceptors (Lipinski definition) is 5. The van der Waals surface area contributed by atoms with E-state index in [1.54, 1.807) is 0 Å². The maximum atomic E-state index is 4.80. The van der Waals surface area contributed by atoms with Gasteiger partial charge in [-0.25, -0.2) is 15.0 Å². The molecule has 130 valence electrons. The van der Waals surface area contributed by atoms with Gasteiger partial charge >= 0.3 is 0 Å². The number of hydrogen-bond donors (Lipinski definition) is 1. The van der Waals surface area contributed by atoms with Gasteiger partial charge in [0.25, 0.3) is 0 Å². The van der Waals surface area contributed by atoms with Crippen LogP contribution in [-0.2, 0) is 19.3 Å². The van der Waals surface area contributed by atoms with Gasteiger partial charge in [0.05, 0.1) is 5.69 Å².